The number of benzene rings is 1. The molecule has 4 rings (SSSR count). The topological polar surface area (TPSA) is 88.3 Å². The van der Waals surface area contributed by atoms with E-state index in [2.05, 4.69) is 15.5 Å². The predicted molar refractivity (Wildman–Crippen MR) is 101 cm³/mol. The number of hydrogen-bond acceptors (Lipinski definition) is 6. The van der Waals surface area contributed by atoms with Crippen LogP contribution in [-0.2, 0) is 0 Å². The van der Waals surface area contributed by atoms with E-state index in [4.69, 9.17) is 4.42 Å². The molecular formula is C19H17FN4O3S. The summed E-state index contributed by atoms with van der Waals surface area (Å²) in [5.74, 6) is -0.690. The number of likely N-dealkylation sites (tertiary alicyclic amines) is 1. The van der Waals surface area contributed by atoms with Crippen molar-refractivity contribution >= 4 is 28.8 Å². The summed E-state index contributed by atoms with van der Waals surface area (Å²) in [5.41, 5.74) is 0.356. The molecule has 1 aliphatic heterocycles. The highest BCUT2D eigenvalue weighted by Gasteiger charge is 2.29. The lowest BCUT2D eigenvalue weighted by Crippen LogP contribution is -2.38. The number of piperidine rings is 1. The third-order valence-electron chi connectivity index (χ3n) is 4.51. The first-order valence-electron chi connectivity index (χ1n) is 8.83. The largest absolute Gasteiger partial charge is 0.459 e. The molecule has 0 saturated carbocycles. The van der Waals surface area contributed by atoms with Crippen LogP contribution in [0.15, 0.2) is 47.1 Å². The highest BCUT2D eigenvalue weighted by Crippen LogP contribution is 2.30. The number of amides is 2. The molecule has 1 fully saturated rings. The van der Waals surface area contributed by atoms with Gasteiger partial charge in [-0.15, -0.1) is 10.2 Å². The van der Waals surface area contributed by atoms with Crippen LogP contribution in [0.3, 0.4) is 0 Å². The Morgan fingerprint density at radius 2 is 2.14 bits per heavy atom. The van der Waals surface area contributed by atoms with E-state index in [9.17, 15) is 14.0 Å². The zero-order chi connectivity index (χ0) is 19.5. The summed E-state index contributed by atoms with van der Waals surface area (Å²) in [6, 6.07) is 8.98. The molecule has 0 spiro atoms. The Labute approximate surface area is 164 Å². The van der Waals surface area contributed by atoms with E-state index in [1.54, 1.807) is 23.1 Å². The summed E-state index contributed by atoms with van der Waals surface area (Å²) in [4.78, 5) is 26.6. The standard InChI is InChI=1S/C19H17FN4O3S/c20-13-5-1-6-14(10-13)21-16(25)18-23-22-17(28-18)12-4-2-8-24(11-12)19(26)15-7-3-9-27-15/h1,3,5-7,9-10,12H,2,4,8,11H2,(H,21,25). The third kappa shape index (κ3) is 3.94. The van der Waals surface area contributed by atoms with Crippen LogP contribution in [-0.4, -0.2) is 40.0 Å². The molecule has 0 aliphatic carbocycles. The fourth-order valence-electron chi connectivity index (χ4n) is 3.16. The molecule has 144 valence electrons. The molecule has 2 amide bonds. The van der Waals surface area contributed by atoms with Crippen LogP contribution in [0.5, 0.6) is 0 Å². The second-order valence-electron chi connectivity index (χ2n) is 6.48. The lowest BCUT2D eigenvalue weighted by Gasteiger charge is -2.30. The molecule has 1 aliphatic rings. The van der Waals surface area contributed by atoms with Crippen molar-refractivity contribution in [3.05, 3.63) is 64.3 Å². The van der Waals surface area contributed by atoms with Crippen LogP contribution in [0, 0.1) is 5.82 Å². The molecule has 1 aromatic carbocycles. The molecule has 2 aromatic heterocycles. The number of carbonyl (C=O) groups is 2. The Bertz CT molecular complexity index is 989. The Kier molecular flexibility index (Phi) is 5.16. The number of anilines is 1. The minimum absolute atomic E-state index is 0.0147. The molecule has 9 heteroatoms. The van der Waals surface area contributed by atoms with Crippen molar-refractivity contribution in [2.24, 2.45) is 0 Å². The Balaban J connectivity index is 1.43. The fraction of sp³-hybridized carbons (Fsp3) is 0.263. The van der Waals surface area contributed by atoms with E-state index in [1.807, 2.05) is 0 Å². The van der Waals surface area contributed by atoms with Gasteiger partial charge in [0, 0.05) is 24.7 Å². The predicted octanol–water partition coefficient (Wildman–Crippen LogP) is 3.54. The number of furan rings is 1. The van der Waals surface area contributed by atoms with Gasteiger partial charge in [0.15, 0.2) is 5.76 Å². The Morgan fingerprint density at radius 1 is 1.25 bits per heavy atom. The van der Waals surface area contributed by atoms with Crippen LogP contribution in [0.25, 0.3) is 0 Å². The maximum Gasteiger partial charge on any atom is 0.289 e. The lowest BCUT2D eigenvalue weighted by atomic mass is 9.98. The number of halogens is 1. The van der Waals surface area contributed by atoms with Crippen molar-refractivity contribution in [1.29, 1.82) is 0 Å². The van der Waals surface area contributed by atoms with Crippen molar-refractivity contribution in [3.63, 3.8) is 0 Å². The molecule has 28 heavy (non-hydrogen) atoms. The van der Waals surface area contributed by atoms with Crippen LogP contribution in [0.2, 0.25) is 0 Å². The number of nitrogens with one attached hydrogen (secondary N) is 1. The number of nitrogens with zero attached hydrogens (tertiary/aromatic N) is 3. The van der Waals surface area contributed by atoms with E-state index in [0.29, 0.717) is 29.5 Å². The van der Waals surface area contributed by atoms with Crippen LogP contribution < -0.4 is 5.32 Å². The maximum absolute atomic E-state index is 13.3. The number of aromatic nitrogens is 2. The van der Waals surface area contributed by atoms with E-state index < -0.39 is 11.7 Å². The maximum atomic E-state index is 13.3. The molecular weight excluding hydrogens is 383 g/mol. The molecule has 1 N–H and O–H groups in total. The van der Waals surface area contributed by atoms with Gasteiger partial charge in [-0.25, -0.2) is 4.39 Å². The zero-order valence-electron chi connectivity index (χ0n) is 14.8. The fourth-order valence-corrected chi connectivity index (χ4v) is 4.03. The van der Waals surface area contributed by atoms with Gasteiger partial charge in [0.25, 0.3) is 11.8 Å². The average Bonchev–Trinajstić information content (AvgIpc) is 3.40. The number of carbonyl (C=O) groups excluding carboxylic acids is 2. The molecule has 3 heterocycles. The van der Waals surface area contributed by atoms with Crippen molar-refractivity contribution in [3.8, 4) is 0 Å². The van der Waals surface area contributed by atoms with Gasteiger partial charge in [-0.2, -0.15) is 0 Å². The second-order valence-corrected chi connectivity index (χ2v) is 7.49. The minimum atomic E-state index is -0.436. The Morgan fingerprint density at radius 3 is 2.93 bits per heavy atom. The van der Waals surface area contributed by atoms with Crippen molar-refractivity contribution in [2.45, 2.75) is 18.8 Å². The van der Waals surface area contributed by atoms with Gasteiger partial charge >= 0.3 is 0 Å². The van der Waals surface area contributed by atoms with E-state index in [0.717, 1.165) is 12.8 Å². The normalized spacial score (nSPS) is 16.8. The number of rotatable bonds is 4. The third-order valence-corrected chi connectivity index (χ3v) is 5.59. The summed E-state index contributed by atoms with van der Waals surface area (Å²) in [6.45, 7) is 1.15. The molecule has 1 atom stereocenters. The van der Waals surface area contributed by atoms with Crippen molar-refractivity contribution < 1.29 is 18.4 Å². The quantitative estimate of drug-likeness (QED) is 0.724. The molecule has 7 nitrogen and oxygen atoms in total. The highest BCUT2D eigenvalue weighted by atomic mass is 32.1. The minimum Gasteiger partial charge on any atom is -0.459 e. The summed E-state index contributed by atoms with van der Waals surface area (Å²) >= 11 is 1.19. The zero-order valence-corrected chi connectivity index (χ0v) is 15.6. The smallest absolute Gasteiger partial charge is 0.289 e. The summed E-state index contributed by atoms with van der Waals surface area (Å²) in [6.07, 6.45) is 3.17. The van der Waals surface area contributed by atoms with Gasteiger partial charge < -0.3 is 14.6 Å². The second kappa shape index (κ2) is 7.89. The summed E-state index contributed by atoms with van der Waals surface area (Å²) in [7, 11) is 0. The summed E-state index contributed by atoms with van der Waals surface area (Å²) in [5, 5.41) is 11.6. The van der Waals surface area contributed by atoms with E-state index in [-0.39, 0.29) is 16.8 Å². The van der Waals surface area contributed by atoms with Gasteiger partial charge in [-0.1, -0.05) is 17.4 Å². The Hall–Kier alpha value is -3.07. The van der Waals surface area contributed by atoms with Gasteiger partial charge in [0.05, 0.1) is 6.26 Å². The van der Waals surface area contributed by atoms with Crippen molar-refractivity contribution in [1.82, 2.24) is 15.1 Å². The SMILES string of the molecule is O=C(Nc1cccc(F)c1)c1nnc(C2CCCN(C(=O)c3ccco3)C2)s1. The molecule has 1 saturated heterocycles. The van der Waals surface area contributed by atoms with Gasteiger partial charge in [-0.3, -0.25) is 9.59 Å². The van der Waals surface area contributed by atoms with E-state index in [1.165, 1.54) is 35.8 Å². The highest BCUT2D eigenvalue weighted by molar-refractivity contribution is 7.13. The van der Waals surface area contributed by atoms with Crippen LogP contribution in [0.1, 0.15) is 44.1 Å². The summed E-state index contributed by atoms with van der Waals surface area (Å²) < 4.78 is 18.4. The lowest BCUT2D eigenvalue weighted by molar-refractivity contribution is 0.0674. The van der Waals surface area contributed by atoms with E-state index >= 15 is 0 Å². The molecule has 0 radical (unpaired) electrons. The molecule has 3 aromatic rings. The van der Waals surface area contributed by atoms with Gasteiger partial charge in [0.1, 0.15) is 10.8 Å². The molecule has 0 bridgehead atoms. The average molecular weight is 400 g/mol. The van der Waals surface area contributed by atoms with Crippen LogP contribution in [0.4, 0.5) is 10.1 Å². The van der Waals surface area contributed by atoms with Gasteiger partial charge in [-0.05, 0) is 43.2 Å². The van der Waals surface area contributed by atoms with Gasteiger partial charge in [0.2, 0.25) is 5.01 Å². The van der Waals surface area contributed by atoms with Crippen molar-refractivity contribution in [2.75, 3.05) is 18.4 Å². The van der Waals surface area contributed by atoms with Crippen LogP contribution >= 0.6 is 11.3 Å². The monoisotopic (exact) mass is 400 g/mol. The first-order chi connectivity index (χ1) is 13.6. The first kappa shape index (κ1) is 18.3. The molecule has 1 unspecified atom stereocenters. The number of hydrogen-bond donors (Lipinski definition) is 1. The first-order valence-corrected chi connectivity index (χ1v) is 9.65.